The fourth-order valence-electron chi connectivity index (χ4n) is 3.76. The largest absolute Gasteiger partial charge is 0.324 e. The first-order valence-corrected chi connectivity index (χ1v) is 11.6. The van der Waals surface area contributed by atoms with Crippen molar-refractivity contribution in [2.45, 2.75) is 33.2 Å². The molecular weight excluding hydrogens is 474 g/mol. The third-order valence-corrected chi connectivity index (χ3v) is 6.80. The van der Waals surface area contributed by atoms with Gasteiger partial charge >= 0.3 is 0 Å². The van der Waals surface area contributed by atoms with Gasteiger partial charge in [-0.2, -0.15) is 0 Å². The molecule has 0 radical (unpaired) electrons. The minimum absolute atomic E-state index is 0.196. The number of hydrogen-bond acceptors (Lipinski definition) is 4. The maximum atomic E-state index is 13.6. The number of anilines is 1. The van der Waals surface area contributed by atoms with E-state index in [0.717, 1.165) is 26.0 Å². The predicted octanol–water partition coefficient (Wildman–Crippen LogP) is 6.09. The lowest BCUT2D eigenvalue weighted by molar-refractivity contribution is -0.119. The van der Waals surface area contributed by atoms with Crippen molar-refractivity contribution in [2.24, 2.45) is 0 Å². The highest BCUT2D eigenvalue weighted by atomic mass is 79.9. The van der Waals surface area contributed by atoms with Crippen molar-refractivity contribution in [1.82, 2.24) is 9.55 Å². The fourth-order valence-corrected chi connectivity index (χ4v) is 5.03. The van der Waals surface area contributed by atoms with Crippen LogP contribution < -0.4 is 10.9 Å². The number of nitrogens with zero attached hydrogens (tertiary/aromatic N) is 2. The zero-order valence-corrected chi connectivity index (χ0v) is 19.9. The van der Waals surface area contributed by atoms with Crippen molar-refractivity contribution in [3.05, 3.63) is 80.1 Å². The van der Waals surface area contributed by atoms with Gasteiger partial charge < -0.3 is 5.32 Å². The normalized spacial score (nSPS) is 12.1. The van der Waals surface area contributed by atoms with Crippen LogP contribution in [0.4, 0.5) is 5.69 Å². The molecule has 1 atom stereocenters. The Morgan fingerprint density at radius 3 is 2.61 bits per heavy atom. The Hall–Kier alpha value is -2.77. The van der Waals surface area contributed by atoms with E-state index in [1.54, 1.807) is 0 Å². The van der Waals surface area contributed by atoms with Crippen molar-refractivity contribution in [2.75, 3.05) is 5.32 Å². The summed E-state index contributed by atoms with van der Waals surface area (Å²) in [4.78, 5) is 32.8. The minimum atomic E-state index is -0.650. The van der Waals surface area contributed by atoms with Crippen LogP contribution in [0.5, 0.6) is 0 Å². The lowest BCUT2D eigenvalue weighted by Gasteiger charge is -2.18. The number of rotatable bonds is 5. The van der Waals surface area contributed by atoms with E-state index in [1.807, 2.05) is 69.3 Å². The summed E-state index contributed by atoms with van der Waals surface area (Å²) in [5.74, 6) is -0.228. The lowest BCUT2D eigenvalue weighted by Crippen LogP contribution is -2.33. The highest BCUT2D eigenvalue weighted by molar-refractivity contribution is 9.10. The molecule has 1 unspecified atom stereocenters. The summed E-state index contributed by atoms with van der Waals surface area (Å²) >= 11 is 4.95. The molecule has 0 saturated carbocycles. The van der Waals surface area contributed by atoms with Crippen LogP contribution in [0, 0.1) is 13.8 Å². The number of hydrogen-bond donors (Lipinski definition) is 1. The van der Waals surface area contributed by atoms with Gasteiger partial charge in [-0.1, -0.05) is 47.1 Å². The van der Waals surface area contributed by atoms with Crippen molar-refractivity contribution in [1.29, 1.82) is 0 Å². The average molecular weight is 496 g/mol. The zero-order chi connectivity index (χ0) is 22.1. The minimum Gasteiger partial charge on any atom is -0.324 e. The van der Waals surface area contributed by atoms with Gasteiger partial charge in [-0.05, 0) is 55.7 Å². The van der Waals surface area contributed by atoms with Crippen LogP contribution in [0.2, 0.25) is 0 Å². The van der Waals surface area contributed by atoms with Gasteiger partial charge in [0, 0.05) is 20.6 Å². The van der Waals surface area contributed by atoms with Gasteiger partial charge in [-0.3, -0.25) is 14.2 Å². The molecule has 0 bridgehead atoms. The number of carbonyl (C=O) groups excluding carboxylic acids is 1. The summed E-state index contributed by atoms with van der Waals surface area (Å²) in [6.45, 7) is 5.86. The number of aryl methyl sites for hydroxylation is 2. The van der Waals surface area contributed by atoms with Crippen LogP contribution >= 0.6 is 27.3 Å². The molecule has 2 aromatic carbocycles. The molecule has 5 nitrogen and oxygen atoms in total. The molecule has 0 spiro atoms. The van der Waals surface area contributed by atoms with Crippen molar-refractivity contribution < 1.29 is 4.79 Å². The Morgan fingerprint density at radius 2 is 1.94 bits per heavy atom. The smallest absolute Gasteiger partial charge is 0.263 e. The molecule has 7 heteroatoms. The summed E-state index contributed by atoms with van der Waals surface area (Å²) in [6, 6.07) is 14.8. The molecule has 0 fully saturated rings. The number of amides is 1. The van der Waals surface area contributed by atoms with Crippen LogP contribution in [0.1, 0.15) is 29.8 Å². The van der Waals surface area contributed by atoms with Crippen molar-refractivity contribution in [3.63, 3.8) is 0 Å². The Morgan fingerprint density at radius 1 is 1.19 bits per heavy atom. The van der Waals surface area contributed by atoms with Crippen molar-refractivity contribution in [3.8, 4) is 11.1 Å². The van der Waals surface area contributed by atoms with E-state index in [0.29, 0.717) is 22.3 Å². The Kier molecular flexibility index (Phi) is 6.07. The second kappa shape index (κ2) is 8.77. The second-order valence-electron chi connectivity index (χ2n) is 7.46. The summed E-state index contributed by atoms with van der Waals surface area (Å²) in [7, 11) is 0. The maximum absolute atomic E-state index is 13.6. The highest BCUT2D eigenvalue weighted by Gasteiger charge is 2.24. The van der Waals surface area contributed by atoms with Gasteiger partial charge in [0.05, 0.1) is 11.7 Å². The maximum Gasteiger partial charge on any atom is 0.263 e. The van der Waals surface area contributed by atoms with Crippen LogP contribution in [-0.2, 0) is 4.79 Å². The molecular formula is C24H22BrN3O2S. The molecule has 4 rings (SSSR count). The molecule has 158 valence electrons. The third kappa shape index (κ3) is 4.20. The quantitative estimate of drug-likeness (QED) is 0.364. The van der Waals surface area contributed by atoms with Crippen LogP contribution in [0.3, 0.4) is 0 Å². The van der Waals surface area contributed by atoms with E-state index in [-0.39, 0.29) is 11.5 Å². The van der Waals surface area contributed by atoms with Crippen LogP contribution in [0.15, 0.2) is 64.1 Å². The van der Waals surface area contributed by atoms with Gasteiger partial charge in [0.1, 0.15) is 10.9 Å². The van der Waals surface area contributed by atoms with Gasteiger partial charge in [-0.15, -0.1) is 11.3 Å². The van der Waals surface area contributed by atoms with Gasteiger partial charge in [0.15, 0.2) is 0 Å². The first-order valence-electron chi connectivity index (χ1n) is 10.0. The number of thiophene rings is 1. The lowest BCUT2D eigenvalue weighted by atomic mass is 10.0. The van der Waals surface area contributed by atoms with Crippen LogP contribution in [0.25, 0.3) is 21.3 Å². The first kappa shape index (κ1) is 21.5. The summed E-state index contributed by atoms with van der Waals surface area (Å²) < 4.78 is 2.44. The Balaban J connectivity index is 1.79. The molecule has 0 aliphatic rings. The number of benzene rings is 2. The first-order chi connectivity index (χ1) is 14.9. The second-order valence-corrected chi connectivity index (χ2v) is 9.58. The zero-order valence-electron chi connectivity index (χ0n) is 17.5. The Labute approximate surface area is 192 Å². The van der Waals surface area contributed by atoms with E-state index < -0.39 is 6.04 Å². The number of aromatic nitrogens is 2. The van der Waals surface area contributed by atoms with Gasteiger partial charge in [0.25, 0.3) is 5.56 Å². The molecule has 4 aromatic rings. The van der Waals surface area contributed by atoms with E-state index in [1.165, 1.54) is 22.2 Å². The molecule has 0 saturated heterocycles. The molecule has 1 amide bonds. The monoisotopic (exact) mass is 495 g/mol. The van der Waals surface area contributed by atoms with Crippen molar-refractivity contribution >= 4 is 49.1 Å². The molecule has 2 aromatic heterocycles. The molecule has 31 heavy (non-hydrogen) atoms. The van der Waals surface area contributed by atoms with Gasteiger partial charge in [0.2, 0.25) is 5.91 Å². The van der Waals surface area contributed by atoms with E-state index in [4.69, 9.17) is 0 Å². The Bertz CT molecular complexity index is 1330. The third-order valence-electron chi connectivity index (χ3n) is 5.26. The number of carbonyl (C=O) groups is 1. The predicted molar refractivity (Wildman–Crippen MR) is 131 cm³/mol. The molecule has 0 aliphatic heterocycles. The fraction of sp³-hybridized carbons (Fsp3) is 0.208. The number of halogens is 1. The van der Waals surface area contributed by atoms with Crippen LogP contribution in [-0.4, -0.2) is 15.5 Å². The highest BCUT2D eigenvalue weighted by Crippen LogP contribution is 2.36. The molecule has 0 aliphatic carbocycles. The summed E-state index contributed by atoms with van der Waals surface area (Å²) in [5.41, 5.74) is 3.42. The SMILES string of the molecule is CCC(C(=O)Nc1cccc(C)c1)n1cnc2sc(C)c(-c3ccc(Br)cc3)c2c1=O. The van der Waals surface area contributed by atoms with E-state index in [2.05, 4.69) is 26.2 Å². The number of nitrogens with one attached hydrogen (secondary N) is 1. The number of fused-ring (bicyclic) bond motifs is 1. The topological polar surface area (TPSA) is 64.0 Å². The van der Waals surface area contributed by atoms with E-state index >= 15 is 0 Å². The summed E-state index contributed by atoms with van der Waals surface area (Å²) in [6.07, 6.45) is 1.97. The summed E-state index contributed by atoms with van der Waals surface area (Å²) in [5, 5.41) is 3.50. The average Bonchev–Trinajstić information content (AvgIpc) is 3.07. The van der Waals surface area contributed by atoms with Gasteiger partial charge in [-0.25, -0.2) is 4.98 Å². The molecule has 2 heterocycles. The standard InChI is InChI=1S/C24H22BrN3O2S/c1-4-19(22(29)27-18-7-5-6-14(2)12-18)28-13-26-23-21(24(28)30)20(15(3)31-23)16-8-10-17(25)11-9-16/h5-13,19H,4H2,1-3H3,(H,27,29). The molecule has 1 N–H and O–H groups in total. The van der Waals surface area contributed by atoms with E-state index in [9.17, 15) is 9.59 Å².